The van der Waals surface area contributed by atoms with E-state index in [1.807, 2.05) is 54.6 Å². The molecule has 0 fully saturated rings. The molecule has 0 N–H and O–H groups in total. The van der Waals surface area contributed by atoms with Gasteiger partial charge in [0.15, 0.2) is 23.0 Å². The molecule has 3 heterocycles. The van der Waals surface area contributed by atoms with Crippen molar-refractivity contribution in [3.8, 4) is 34.5 Å². The molecule has 0 aliphatic carbocycles. The van der Waals surface area contributed by atoms with E-state index in [-0.39, 0.29) is 5.92 Å². The molecule has 7 nitrogen and oxygen atoms in total. The molecular formula is C30H21ClN4O3. The van der Waals surface area contributed by atoms with Crippen molar-refractivity contribution in [3.63, 3.8) is 0 Å². The van der Waals surface area contributed by atoms with Crippen LogP contribution in [0.5, 0.6) is 23.1 Å². The fourth-order valence-electron chi connectivity index (χ4n) is 5.18. The summed E-state index contributed by atoms with van der Waals surface area (Å²) in [7, 11) is 3.26. The highest BCUT2D eigenvalue weighted by Gasteiger charge is 2.35. The van der Waals surface area contributed by atoms with Crippen molar-refractivity contribution in [2.75, 3.05) is 14.2 Å². The summed E-state index contributed by atoms with van der Waals surface area (Å²) < 4.78 is 19.4. The van der Waals surface area contributed by atoms with Crippen LogP contribution in [0, 0.1) is 0 Å². The number of ether oxygens (including phenoxy) is 3. The van der Waals surface area contributed by atoms with Crippen molar-refractivity contribution < 1.29 is 14.2 Å². The third kappa shape index (κ3) is 3.39. The molecule has 0 spiro atoms. The minimum absolute atomic E-state index is 0.252. The fourth-order valence-corrected chi connectivity index (χ4v) is 5.40. The molecule has 6 aromatic rings. The molecular weight excluding hydrogens is 500 g/mol. The van der Waals surface area contributed by atoms with Gasteiger partial charge in [0.1, 0.15) is 12.1 Å². The largest absolute Gasteiger partial charge is 0.493 e. The van der Waals surface area contributed by atoms with Crippen molar-refractivity contribution in [1.82, 2.24) is 19.6 Å². The number of nitrogens with zero attached hydrogens (tertiary/aromatic N) is 4. The summed E-state index contributed by atoms with van der Waals surface area (Å²) in [6.45, 7) is 0. The van der Waals surface area contributed by atoms with E-state index >= 15 is 0 Å². The zero-order valence-electron chi connectivity index (χ0n) is 20.6. The van der Waals surface area contributed by atoms with E-state index in [1.165, 1.54) is 0 Å². The van der Waals surface area contributed by atoms with Gasteiger partial charge in [-0.25, -0.2) is 14.5 Å². The number of rotatable bonds is 4. The van der Waals surface area contributed by atoms with Crippen molar-refractivity contribution in [3.05, 3.63) is 107 Å². The van der Waals surface area contributed by atoms with Crippen LogP contribution in [0.4, 0.5) is 0 Å². The van der Waals surface area contributed by atoms with Gasteiger partial charge in [0.25, 0.3) is 0 Å². The van der Waals surface area contributed by atoms with Crippen LogP contribution in [0.3, 0.4) is 0 Å². The van der Waals surface area contributed by atoms with E-state index < -0.39 is 0 Å². The van der Waals surface area contributed by atoms with Gasteiger partial charge in [-0.2, -0.15) is 0 Å². The summed E-state index contributed by atoms with van der Waals surface area (Å²) in [5.41, 5.74) is 4.19. The Morgan fingerprint density at radius 2 is 1.71 bits per heavy atom. The number of halogens is 1. The standard InChI is InChI=1S/C30H21ClN4O3/c1-36-23-14-12-18(15-24(23)37-2)25-21-13-11-17-7-3-4-8-19(17)27(21)38-30-26(25)29-33-28(34-35(29)16-32-30)20-9-5-6-10-22(20)31/h3-16,25H,1-2H3/t25-/m1/s1. The van der Waals surface area contributed by atoms with Crippen LogP contribution in [0.15, 0.2) is 85.2 Å². The van der Waals surface area contributed by atoms with Crippen molar-refractivity contribution in [2.24, 2.45) is 0 Å². The number of benzene rings is 4. The number of fused-ring (bicyclic) bond motifs is 6. The number of hydrogen-bond donors (Lipinski definition) is 0. The molecule has 38 heavy (non-hydrogen) atoms. The maximum Gasteiger partial charge on any atom is 0.228 e. The third-order valence-electron chi connectivity index (χ3n) is 6.95. The van der Waals surface area contributed by atoms with E-state index in [0.717, 1.165) is 38.8 Å². The maximum atomic E-state index is 6.52. The normalized spacial score (nSPS) is 14.1. The highest BCUT2D eigenvalue weighted by atomic mass is 35.5. The molecule has 0 saturated carbocycles. The lowest BCUT2D eigenvalue weighted by Crippen LogP contribution is -2.15. The number of methoxy groups -OCH3 is 2. The Kier molecular flexibility index (Phi) is 5.19. The quantitative estimate of drug-likeness (QED) is 0.251. The summed E-state index contributed by atoms with van der Waals surface area (Å²) >= 11 is 6.48. The summed E-state index contributed by atoms with van der Waals surface area (Å²) in [5.74, 6) is 2.82. The zero-order valence-corrected chi connectivity index (χ0v) is 21.3. The Morgan fingerprint density at radius 1 is 0.895 bits per heavy atom. The van der Waals surface area contributed by atoms with Crippen molar-refractivity contribution in [1.29, 1.82) is 0 Å². The molecule has 4 aromatic carbocycles. The average molecular weight is 521 g/mol. The van der Waals surface area contributed by atoms with Gasteiger partial charge in [0.05, 0.1) is 24.8 Å². The molecule has 0 radical (unpaired) electrons. The SMILES string of the molecule is COc1ccc([C@@H]2c3ccc4ccccc4c3Oc3ncn4nc(-c5ccccc5Cl)nc4c32)cc1OC. The topological polar surface area (TPSA) is 70.8 Å². The highest BCUT2D eigenvalue weighted by Crippen LogP contribution is 2.51. The van der Waals surface area contributed by atoms with E-state index in [0.29, 0.717) is 33.9 Å². The second-order valence-electron chi connectivity index (χ2n) is 9.00. The van der Waals surface area contributed by atoms with E-state index in [4.69, 9.17) is 35.9 Å². The smallest absolute Gasteiger partial charge is 0.228 e. The van der Waals surface area contributed by atoms with Gasteiger partial charge in [-0.15, -0.1) is 5.10 Å². The molecule has 0 bridgehead atoms. The Bertz CT molecular complexity index is 1870. The van der Waals surface area contributed by atoms with Gasteiger partial charge < -0.3 is 14.2 Å². The first-order valence-corrected chi connectivity index (χ1v) is 12.5. The predicted molar refractivity (Wildman–Crippen MR) is 146 cm³/mol. The molecule has 2 aromatic heterocycles. The van der Waals surface area contributed by atoms with Crippen LogP contribution in [0.1, 0.15) is 22.6 Å². The molecule has 1 atom stereocenters. The van der Waals surface area contributed by atoms with E-state index in [2.05, 4.69) is 29.2 Å². The molecule has 186 valence electrons. The molecule has 1 aliphatic heterocycles. The van der Waals surface area contributed by atoms with Crippen LogP contribution in [-0.4, -0.2) is 33.8 Å². The van der Waals surface area contributed by atoms with Gasteiger partial charge >= 0.3 is 0 Å². The first-order chi connectivity index (χ1) is 18.7. The molecule has 1 aliphatic rings. The molecule has 7 rings (SSSR count). The molecule has 8 heteroatoms. The Morgan fingerprint density at radius 3 is 2.55 bits per heavy atom. The van der Waals surface area contributed by atoms with Crippen molar-refractivity contribution >= 4 is 28.0 Å². The molecule has 0 saturated heterocycles. The molecule has 0 unspecified atom stereocenters. The van der Waals surface area contributed by atoms with Crippen LogP contribution >= 0.6 is 11.6 Å². The lowest BCUT2D eigenvalue weighted by molar-refractivity contribution is 0.354. The Balaban J connectivity index is 1.52. The summed E-state index contributed by atoms with van der Waals surface area (Å²) in [4.78, 5) is 9.62. The van der Waals surface area contributed by atoms with Crippen LogP contribution in [-0.2, 0) is 0 Å². The second-order valence-corrected chi connectivity index (χ2v) is 9.41. The summed E-state index contributed by atoms with van der Waals surface area (Å²) in [5, 5.41) is 7.39. The third-order valence-corrected chi connectivity index (χ3v) is 7.28. The van der Waals surface area contributed by atoms with Crippen LogP contribution in [0.25, 0.3) is 27.8 Å². The fraction of sp³-hybridized carbons (Fsp3) is 0.100. The van der Waals surface area contributed by atoms with E-state index in [1.54, 1.807) is 25.1 Å². The summed E-state index contributed by atoms with van der Waals surface area (Å²) in [6.07, 6.45) is 1.63. The zero-order chi connectivity index (χ0) is 25.8. The minimum atomic E-state index is -0.252. The second kappa shape index (κ2) is 8.75. The average Bonchev–Trinajstić information content (AvgIpc) is 3.40. The van der Waals surface area contributed by atoms with Crippen LogP contribution < -0.4 is 14.2 Å². The number of hydrogen-bond acceptors (Lipinski definition) is 6. The first-order valence-electron chi connectivity index (χ1n) is 12.1. The highest BCUT2D eigenvalue weighted by molar-refractivity contribution is 6.33. The predicted octanol–water partition coefficient (Wildman–Crippen LogP) is 6.90. The van der Waals surface area contributed by atoms with Crippen molar-refractivity contribution in [2.45, 2.75) is 5.92 Å². The van der Waals surface area contributed by atoms with Gasteiger partial charge in [-0.3, -0.25) is 0 Å². The summed E-state index contributed by atoms with van der Waals surface area (Å²) in [6, 6.07) is 25.9. The van der Waals surface area contributed by atoms with Gasteiger partial charge in [0.2, 0.25) is 5.88 Å². The van der Waals surface area contributed by atoms with Crippen LogP contribution in [0.2, 0.25) is 5.02 Å². The van der Waals surface area contributed by atoms with Gasteiger partial charge in [0, 0.05) is 22.4 Å². The Labute approximate surface area is 223 Å². The Hall–Kier alpha value is -4.62. The first kappa shape index (κ1) is 22.6. The monoisotopic (exact) mass is 520 g/mol. The van der Waals surface area contributed by atoms with E-state index in [9.17, 15) is 0 Å². The molecule has 0 amide bonds. The minimum Gasteiger partial charge on any atom is -0.493 e. The van der Waals surface area contributed by atoms with Gasteiger partial charge in [-0.05, 0) is 35.2 Å². The maximum absolute atomic E-state index is 6.52. The lowest BCUT2D eigenvalue weighted by atomic mass is 9.82. The van der Waals surface area contributed by atoms with Gasteiger partial charge in [-0.1, -0.05) is 66.2 Å². The number of aromatic nitrogens is 4. The lowest BCUT2D eigenvalue weighted by Gasteiger charge is -2.29.